The normalized spacial score (nSPS) is 11.2. The highest BCUT2D eigenvalue weighted by Gasteiger charge is 2.19. The highest BCUT2D eigenvalue weighted by Crippen LogP contribution is 2.43. The molecule has 56 heavy (non-hydrogen) atoms. The molecule has 0 amide bonds. The Morgan fingerprint density at radius 2 is 0.607 bits per heavy atom. The first kappa shape index (κ1) is 33.1. The largest absolute Gasteiger partial charge is 0.208 e. The lowest BCUT2D eigenvalue weighted by atomic mass is 9.85. The third-order valence-corrected chi connectivity index (χ3v) is 10.5. The number of benzene rings is 9. The first-order valence-electron chi connectivity index (χ1n) is 18.9. The molecule has 0 spiro atoms. The minimum Gasteiger partial charge on any atom is -0.208 e. The van der Waals surface area contributed by atoms with Crippen LogP contribution in [0.2, 0.25) is 0 Å². The van der Waals surface area contributed by atoms with Crippen molar-refractivity contribution in [3.8, 4) is 78.7 Å². The molecule has 3 heteroatoms. The van der Waals surface area contributed by atoms with Crippen molar-refractivity contribution >= 4 is 21.5 Å². The lowest BCUT2D eigenvalue weighted by molar-refractivity contribution is 1.07. The zero-order valence-corrected chi connectivity index (χ0v) is 30.5. The molecule has 1 aromatic heterocycles. The minimum absolute atomic E-state index is 0.628. The Balaban J connectivity index is 1.18. The van der Waals surface area contributed by atoms with Crippen LogP contribution in [0, 0.1) is 0 Å². The van der Waals surface area contributed by atoms with E-state index < -0.39 is 0 Å². The first-order chi connectivity index (χ1) is 27.8. The highest BCUT2D eigenvalue weighted by molar-refractivity contribution is 6.14. The van der Waals surface area contributed by atoms with Crippen LogP contribution >= 0.6 is 0 Å². The van der Waals surface area contributed by atoms with E-state index >= 15 is 0 Å². The van der Waals surface area contributed by atoms with Gasteiger partial charge in [-0.15, -0.1) is 0 Å². The van der Waals surface area contributed by atoms with Gasteiger partial charge in [0.25, 0.3) is 0 Å². The Bertz CT molecular complexity index is 2940. The molecule has 3 nitrogen and oxygen atoms in total. The fraction of sp³-hybridized carbons (Fsp3) is 0. The van der Waals surface area contributed by atoms with Gasteiger partial charge < -0.3 is 0 Å². The highest BCUT2D eigenvalue weighted by atomic mass is 15.0. The molecule has 9 aromatic carbocycles. The molecule has 0 bridgehead atoms. The zero-order valence-electron chi connectivity index (χ0n) is 30.5. The van der Waals surface area contributed by atoms with E-state index in [-0.39, 0.29) is 0 Å². The maximum absolute atomic E-state index is 5.07. The van der Waals surface area contributed by atoms with Gasteiger partial charge in [-0.3, -0.25) is 0 Å². The Kier molecular flexibility index (Phi) is 8.51. The third-order valence-electron chi connectivity index (χ3n) is 10.5. The molecule has 0 saturated carbocycles. The monoisotopic (exact) mass is 713 g/mol. The van der Waals surface area contributed by atoms with E-state index in [1.54, 1.807) is 0 Å². The number of hydrogen-bond donors (Lipinski definition) is 0. The molecule has 0 N–H and O–H groups in total. The van der Waals surface area contributed by atoms with E-state index in [1.165, 1.54) is 38.2 Å². The fourth-order valence-electron chi connectivity index (χ4n) is 7.81. The Labute approximate surface area is 326 Å². The van der Waals surface area contributed by atoms with Crippen LogP contribution in [0.4, 0.5) is 0 Å². The van der Waals surface area contributed by atoms with Gasteiger partial charge in [0.2, 0.25) is 0 Å². The van der Waals surface area contributed by atoms with Gasteiger partial charge in [0, 0.05) is 16.7 Å². The molecule has 1 heterocycles. The van der Waals surface area contributed by atoms with Crippen molar-refractivity contribution in [2.75, 3.05) is 0 Å². The smallest absolute Gasteiger partial charge is 0.164 e. The van der Waals surface area contributed by atoms with Crippen LogP contribution in [0.15, 0.2) is 212 Å². The lowest BCUT2D eigenvalue weighted by Crippen LogP contribution is -2.00. The van der Waals surface area contributed by atoms with E-state index in [0.717, 1.165) is 44.5 Å². The summed E-state index contributed by atoms with van der Waals surface area (Å²) in [5.74, 6) is 1.91. The standard InChI is InChI=1S/C53H35N3/c1-5-17-36(18-6-1)48-34-41(50-33-40-25-13-14-26-43(40)44-27-15-16-28-45(44)50)29-31-46(48)47-32-30-42(35-49(47)37-19-7-2-8-20-37)53-55-51(38-21-9-3-10-22-38)54-52(56-53)39-23-11-4-12-24-39/h1-35H. The van der Waals surface area contributed by atoms with Gasteiger partial charge in [-0.1, -0.05) is 194 Å². The van der Waals surface area contributed by atoms with E-state index in [0.29, 0.717) is 17.5 Å². The summed E-state index contributed by atoms with van der Waals surface area (Å²) in [6, 6.07) is 74.9. The number of fused-ring (bicyclic) bond motifs is 3. The van der Waals surface area contributed by atoms with E-state index in [2.05, 4.69) is 152 Å². The molecule has 10 rings (SSSR count). The summed E-state index contributed by atoms with van der Waals surface area (Å²) < 4.78 is 0. The maximum atomic E-state index is 5.07. The number of nitrogens with zero attached hydrogens (tertiary/aromatic N) is 3. The summed E-state index contributed by atoms with van der Waals surface area (Å²) in [6.07, 6.45) is 0. The Morgan fingerprint density at radius 3 is 1.14 bits per heavy atom. The van der Waals surface area contributed by atoms with Gasteiger partial charge in [0.05, 0.1) is 0 Å². The molecule has 0 fully saturated rings. The van der Waals surface area contributed by atoms with Gasteiger partial charge in [-0.2, -0.15) is 0 Å². The van der Waals surface area contributed by atoms with Crippen LogP contribution in [0.25, 0.3) is 100 Å². The maximum Gasteiger partial charge on any atom is 0.164 e. The second-order valence-corrected chi connectivity index (χ2v) is 14.0. The molecule has 0 atom stereocenters. The van der Waals surface area contributed by atoms with Crippen molar-refractivity contribution in [2.24, 2.45) is 0 Å². The fourth-order valence-corrected chi connectivity index (χ4v) is 7.81. The summed E-state index contributed by atoms with van der Waals surface area (Å²) in [7, 11) is 0. The predicted octanol–water partition coefficient (Wildman–Crippen LogP) is 13.8. The molecule has 10 aromatic rings. The summed E-state index contributed by atoms with van der Waals surface area (Å²) in [5.41, 5.74) is 12.1. The van der Waals surface area contributed by atoms with Crippen molar-refractivity contribution < 1.29 is 0 Å². The minimum atomic E-state index is 0.628. The zero-order chi connectivity index (χ0) is 37.3. The molecule has 0 aliphatic heterocycles. The van der Waals surface area contributed by atoms with E-state index in [4.69, 9.17) is 15.0 Å². The quantitative estimate of drug-likeness (QED) is 0.154. The molecule has 262 valence electrons. The molecule has 0 aliphatic carbocycles. The molecule has 0 unspecified atom stereocenters. The third kappa shape index (κ3) is 6.21. The predicted molar refractivity (Wildman–Crippen MR) is 233 cm³/mol. The van der Waals surface area contributed by atoms with Crippen LogP contribution in [0.5, 0.6) is 0 Å². The van der Waals surface area contributed by atoms with Crippen LogP contribution in [-0.4, -0.2) is 15.0 Å². The van der Waals surface area contributed by atoms with E-state index in [9.17, 15) is 0 Å². The molecule has 0 saturated heterocycles. The molecular formula is C53H35N3. The van der Waals surface area contributed by atoms with Crippen molar-refractivity contribution in [1.29, 1.82) is 0 Å². The second-order valence-electron chi connectivity index (χ2n) is 14.0. The molecular weight excluding hydrogens is 679 g/mol. The summed E-state index contributed by atoms with van der Waals surface area (Å²) in [6.45, 7) is 0. The Morgan fingerprint density at radius 1 is 0.214 bits per heavy atom. The van der Waals surface area contributed by atoms with Crippen molar-refractivity contribution in [3.05, 3.63) is 212 Å². The Hall–Kier alpha value is -7.49. The average Bonchev–Trinajstić information content (AvgIpc) is 3.29. The number of hydrogen-bond acceptors (Lipinski definition) is 3. The van der Waals surface area contributed by atoms with Crippen LogP contribution < -0.4 is 0 Å². The SMILES string of the molecule is c1ccc(-c2nc(-c3ccccc3)nc(-c3ccc(-c4ccc(-c5cc6ccccc6c6ccccc56)cc4-c4ccccc4)c(-c4ccccc4)c3)n2)cc1. The van der Waals surface area contributed by atoms with E-state index in [1.807, 2.05) is 60.7 Å². The number of aromatic nitrogens is 3. The second kappa shape index (κ2) is 14.4. The van der Waals surface area contributed by atoms with Crippen molar-refractivity contribution in [2.45, 2.75) is 0 Å². The van der Waals surface area contributed by atoms with Crippen molar-refractivity contribution in [1.82, 2.24) is 15.0 Å². The van der Waals surface area contributed by atoms with Crippen LogP contribution in [0.1, 0.15) is 0 Å². The van der Waals surface area contributed by atoms with Gasteiger partial charge in [0.1, 0.15) is 0 Å². The molecule has 0 aliphatic rings. The lowest BCUT2D eigenvalue weighted by Gasteiger charge is -2.18. The van der Waals surface area contributed by atoms with Crippen molar-refractivity contribution in [3.63, 3.8) is 0 Å². The average molecular weight is 714 g/mol. The van der Waals surface area contributed by atoms with Gasteiger partial charge in [-0.25, -0.2) is 15.0 Å². The number of rotatable bonds is 7. The summed E-state index contributed by atoms with van der Waals surface area (Å²) in [5, 5.41) is 5.01. The first-order valence-corrected chi connectivity index (χ1v) is 18.9. The summed E-state index contributed by atoms with van der Waals surface area (Å²) in [4.78, 5) is 15.1. The summed E-state index contributed by atoms with van der Waals surface area (Å²) >= 11 is 0. The van der Waals surface area contributed by atoms with Gasteiger partial charge in [0.15, 0.2) is 17.5 Å². The van der Waals surface area contributed by atoms with Gasteiger partial charge in [-0.05, 0) is 84.3 Å². The topological polar surface area (TPSA) is 38.7 Å². The molecule has 0 radical (unpaired) electrons. The van der Waals surface area contributed by atoms with Crippen LogP contribution in [-0.2, 0) is 0 Å². The van der Waals surface area contributed by atoms with Crippen LogP contribution in [0.3, 0.4) is 0 Å². The van der Waals surface area contributed by atoms with Gasteiger partial charge >= 0.3 is 0 Å².